The van der Waals surface area contributed by atoms with Crippen molar-refractivity contribution < 1.29 is 0 Å². The summed E-state index contributed by atoms with van der Waals surface area (Å²) in [6.07, 6.45) is 0. The van der Waals surface area contributed by atoms with Crippen LogP contribution in [-0.2, 0) is 0 Å². The van der Waals surface area contributed by atoms with E-state index in [-0.39, 0.29) is 11.2 Å². The van der Waals surface area contributed by atoms with Gasteiger partial charge in [-0.1, -0.05) is 0 Å². The molecule has 2 aromatic rings. The fourth-order valence-electron chi connectivity index (χ4n) is 1.55. The van der Waals surface area contributed by atoms with Crippen molar-refractivity contribution in [1.82, 2.24) is 15.2 Å². The summed E-state index contributed by atoms with van der Waals surface area (Å²) in [4.78, 5) is 15.3. The van der Waals surface area contributed by atoms with Crippen LogP contribution in [0, 0.1) is 13.8 Å². The fraction of sp³-hybridized carbons (Fsp3) is 0.182. The van der Waals surface area contributed by atoms with Crippen LogP contribution in [0.3, 0.4) is 0 Å². The van der Waals surface area contributed by atoms with Crippen LogP contribution in [0.4, 0.5) is 5.69 Å². The Morgan fingerprint density at radius 3 is 2.38 bits per heavy atom. The summed E-state index contributed by atoms with van der Waals surface area (Å²) in [5.41, 5.74) is 8.68. The lowest BCUT2D eigenvalue weighted by molar-refractivity contribution is 0.996. The topological polar surface area (TPSA) is 84.7 Å². The molecule has 5 heteroatoms. The molecule has 3 N–H and O–H groups in total. The van der Waals surface area contributed by atoms with Gasteiger partial charge in [0.1, 0.15) is 5.69 Å². The number of hydrogen-bond acceptors (Lipinski definition) is 4. The number of aromatic amines is 1. The predicted octanol–water partition coefficient (Wildman–Crippen LogP) is 1.03. The molecule has 0 atom stereocenters. The number of nitrogens with zero attached hydrogens (tertiary/aromatic N) is 2. The molecular weight excluding hydrogens is 204 g/mol. The second-order valence-electron chi connectivity index (χ2n) is 3.68. The summed E-state index contributed by atoms with van der Waals surface area (Å²) in [5, 5.41) is 6.30. The summed E-state index contributed by atoms with van der Waals surface area (Å²) in [6, 6.07) is 5.35. The third-order valence-electron chi connectivity index (χ3n) is 2.21. The van der Waals surface area contributed by atoms with Crippen molar-refractivity contribution in [3.63, 3.8) is 0 Å². The van der Waals surface area contributed by atoms with Gasteiger partial charge in [0, 0.05) is 17.0 Å². The number of nitrogens with two attached hydrogens (primary N) is 1. The van der Waals surface area contributed by atoms with Crippen LogP contribution in [0.5, 0.6) is 0 Å². The molecule has 16 heavy (non-hydrogen) atoms. The van der Waals surface area contributed by atoms with Crippen LogP contribution in [0.1, 0.15) is 11.4 Å². The van der Waals surface area contributed by atoms with Gasteiger partial charge < -0.3 is 5.73 Å². The van der Waals surface area contributed by atoms with Gasteiger partial charge in [-0.05, 0) is 32.0 Å². The van der Waals surface area contributed by atoms with Crippen LogP contribution < -0.4 is 11.3 Å². The van der Waals surface area contributed by atoms with Gasteiger partial charge in [-0.25, -0.2) is 5.10 Å². The van der Waals surface area contributed by atoms with Gasteiger partial charge >= 0.3 is 0 Å². The number of anilines is 1. The van der Waals surface area contributed by atoms with Gasteiger partial charge in [-0.3, -0.25) is 9.78 Å². The van der Waals surface area contributed by atoms with Crippen LogP contribution in [0.2, 0.25) is 0 Å². The minimum Gasteiger partial charge on any atom is -0.394 e. The van der Waals surface area contributed by atoms with Crippen molar-refractivity contribution >= 4 is 5.69 Å². The van der Waals surface area contributed by atoms with Crippen molar-refractivity contribution in [2.75, 3.05) is 5.73 Å². The molecule has 0 bridgehead atoms. The van der Waals surface area contributed by atoms with E-state index in [1.807, 2.05) is 26.0 Å². The highest BCUT2D eigenvalue weighted by molar-refractivity contribution is 5.62. The minimum absolute atomic E-state index is 0.164. The summed E-state index contributed by atoms with van der Waals surface area (Å²) in [5.74, 6) is 0. The Hall–Kier alpha value is -2.17. The van der Waals surface area contributed by atoms with Gasteiger partial charge in [0.25, 0.3) is 5.56 Å². The maximum Gasteiger partial charge on any atom is 0.287 e. The summed E-state index contributed by atoms with van der Waals surface area (Å²) in [6.45, 7) is 3.82. The highest BCUT2D eigenvalue weighted by Gasteiger charge is 2.04. The monoisotopic (exact) mass is 216 g/mol. The van der Waals surface area contributed by atoms with E-state index < -0.39 is 0 Å². The highest BCUT2D eigenvalue weighted by Crippen LogP contribution is 2.18. The zero-order chi connectivity index (χ0) is 11.7. The lowest BCUT2D eigenvalue weighted by Gasteiger charge is -2.03. The van der Waals surface area contributed by atoms with Crippen molar-refractivity contribution in [2.24, 2.45) is 0 Å². The molecule has 2 rings (SSSR count). The predicted molar refractivity (Wildman–Crippen MR) is 62.0 cm³/mol. The molecule has 0 unspecified atom stereocenters. The van der Waals surface area contributed by atoms with Gasteiger partial charge in [-0.2, -0.15) is 5.10 Å². The van der Waals surface area contributed by atoms with E-state index >= 15 is 0 Å². The number of hydrogen-bond donors (Lipinski definition) is 2. The molecule has 0 radical (unpaired) electrons. The van der Waals surface area contributed by atoms with E-state index in [1.54, 1.807) is 6.07 Å². The lowest BCUT2D eigenvalue weighted by Crippen LogP contribution is -2.13. The first kappa shape index (κ1) is 10.4. The van der Waals surface area contributed by atoms with E-state index in [0.717, 1.165) is 17.0 Å². The Balaban J connectivity index is 2.58. The molecular formula is C11H12N4O. The maximum atomic E-state index is 11.1. The summed E-state index contributed by atoms with van der Waals surface area (Å²) >= 11 is 0. The van der Waals surface area contributed by atoms with E-state index in [2.05, 4.69) is 15.2 Å². The number of pyridine rings is 1. The molecule has 0 fully saturated rings. The number of nitrogen functional groups attached to an aromatic ring is 1. The number of rotatable bonds is 1. The van der Waals surface area contributed by atoms with Crippen molar-refractivity contribution in [1.29, 1.82) is 0 Å². The Bertz CT molecular complexity index is 569. The van der Waals surface area contributed by atoms with Crippen LogP contribution >= 0.6 is 0 Å². The molecule has 0 spiro atoms. The van der Waals surface area contributed by atoms with Crippen LogP contribution in [0.25, 0.3) is 11.3 Å². The second kappa shape index (κ2) is 3.77. The molecule has 82 valence electrons. The molecule has 0 saturated heterocycles. The van der Waals surface area contributed by atoms with E-state index in [0.29, 0.717) is 5.69 Å². The zero-order valence-electron chi connectivity index (χ0n) is 9.11. The first-order valence-corrected chi connectivity index (χ1v) is 4.87. The molecule has 0 aliphatic rings. The Morgan fingerprint density at radius 2 is 1.81 bits per heavy atom. The summed E-state index contributed by atoms with van der Waals surface area (Å²) in [7, 11) is 0. The smallest absolute Gasteiger partial charge is 0.287 e. The number of aromatic nitrogens is 3. The molecule has 0 aliphatic heterocycles. The van der Waals surface area contributed by atoms with Crippen molar-refractivity contribution in [3.05, 3.63) is 39.9 Å². The summed E-state index contributed by atoms with van der Waals surface area (Å²) < 4.78 is 0. The Morgan fingerprint density at radius 1 is 1.19 bits per heavy atom. The average molecular weight is 216 g/mol. The van der Waals surface area contributed by atoms with Crippen molar-refractivity contribution in [3.8, 4) is 11.3 Å². The molecule has 0 amide bonds. The van der Waals surface area contributed by atoms with Crippen molar-refractivity contribution in [2.45, 2.75) is 13.8 Å². The third kappa shape index (κ3) is 1.93. The van der Waals surface area contributed by atoms with Gasteiger partial charge in [0.2, 0.25) is 0 Å². The number of nitrogens with one attached hydrogen (secondary N) is 1. The number of aryl methyl sites for hydroxylation is 2. The van der Waals surface area contributed by atoms with Crippen LogP contribution in [0.15, 0.2) is 23.0 Å². The Labute approximate surface area is 92.3 Å². The van der Waals surface area contributed by atoms with Crippen LogP contribution in [-0.4, -0.2) is 15.2 Å². The fourth-order valence-corrected chi connectivity index (χ4v) is 1.55. The van der Waals surface area contributed by atoms with Gasteiger partial charge in [0.05, 0.1) is 5.69 Å². The molecule has 0 saturated carbocycles. The largest absolute Gasteiger partial charge is 0.394 e. The molecule has 0 aromatic carbocycles. The minimum atomic E-state index is -0.369. The SMILES string of the molecule is Cc1cc(-c2cc(N)c(=O)[nH]n2)cc(C)n1. The average Bonchev–Trinajstić information content (AvgIpc) is 2.20. The first-order valence-electron chi connectivity index (χ1n) is 4.87. The normalized spacial score (nSPS) is 10.4. The number of H-pyrrole nitrogens is 1. The van der Waals surface area contributed by atoms with Gasteiger partial charge in [-0.15, -0.1) is 0 Å². The zero-order valence-corrected chi connectivity index (χ0v) is 9.11. The van der Waals surface area contributed by atoms with E-state index in [9.17, 15) is 4.79 Å². The first-order chi connectivity index (χ1) is 7.56. The highest BCUT2D eigenvalue weighted by atomic mass is 16.1. The van der Waals surface area contributed by atoms with E-state index in [1.165, 1.54) is 0 Å². The third-order valence-corrected chi connectivity index (χ3v) is 2.21. The second-order valence-corrected chi connectivity index (χ2v) is 3.68. The molecule has 2 heterocycles. The van der Waals surface area contributed by atoms with Gasteiger partial charge in [0.15, 0.2) is 0 Å². The molecule has 0 aliphatic carbocycles. The van der Waals surface area contributed by atoms with E-state index in [4.69, 9.17) is 5.73 Å². The maximum absolute atomic E-state index is 11.1. The molecule has 5 nitrogen and oxygen atoms in total. The molecule has 2 aromatic heterocycles. The standard InChI is InChI=1S/C11H12N4O/c1-6-3-8(4-7(2)13-6)10-5-9(12)11(16)15-14-10/h3-5H,1-2H3,(H2,12,14)(H,15,16). The quantitative estimate of drug-likeness (QED) is 0.745. The Kier molecular flexibility index (Phi) is 2.44. The lowest BCUT2D eigenvalue weighted by atomic mass is 10.1.